The van der Waals surface area contributed by atoms with Gasteiger partial charge in [-0.15, -0.1) is 0 Å². The third-order valence-electron chi connectivity index (χ3n) is 19.3. The van der Waals surface area contributed by atoms with E-state index in [0.29, 0.717) is 131 Å². The Kier molecular flexibility index (Phi) is 31.5. The van der Waals surface area contributed by atoms with Gasteiger partial charge in [0.25, 0.3) is 0 Å². The van der Waals surface area contributed by atoms with Crippen LogP contribution in [-0.2, 0) is 28.8 Å². The molecular weight excluding hydrogens is 1840 g/mol. The summed E-state index contributed by atoms with van der Waals surface area (Å²) in [7, 11) is 1.57. The first kappa shape index (κ1) is 96.5. The molecule has 0 bridgehead atoms. The highest BCUT2D eigenvalue weighted by Crippen LogP contribution is 2.37. The first-order valence-corrected chi connectivity index (χ1v) is 43.5. The fourth-order valence-corrected chi connectivity index (χ4v) is 14.8. The number of hydrogen-bond acceptors (Lipinski definition) is 31. The summed E-state index contributed by atoms with van der Waals surface area (Å²) in [6, 6.07) is 74.2. The minimum Gasteiger partial charge on any atom is -0.493 e. The van der Waals surface area contributed by atoms with Crippen molar-refractivity contribution < 1.29 is 88.4 Å². The lowest BCUT2D eigenvalue weighted by Crippen LogP contribution is -2.03. The molecule has 0 atom stereocenters. The van der Waals surface area contributed by atoms with Crippen LogP contribution in [-0.4, -0.2) is 72.8 Å². The van der Waals surface area contributed by atoms with E-state index in [-0.39, 0.29) is 35.8 Å². The Labute approximate surface area is 800 Å². The van der Waals surface area contributed by atoms with Crippen molar-refractivity contribution in [3.05, 3.63) is 310 Å². The van der Waals surface area contributed by atoms with Gasteiger partial charge in [0.2, 0.25) is 49.5 Å². The largest absolute Gasteiger partial charge is 0.493 e. The molecule has 672 valence electrons. The molecule has 0 saturated heterocycles. The van der Waals surface area contributed by atoms with E-state index in [1.807, 2.05) is 162 Å². The average Bonchev–Trinajstić information content (AvgIpc) is 0.818. The number of halogens is 1. The standard InChI is InChI=1S/C18H15NO3S.C17H13NO4S.3C17H13NO3S.C16H10ClNO3S/c1-10-9-16(21-12(3)20)11(2)8-14(10)17-19-15-7-5-4-6-13(15)18(23)22-17;1-10(19)21-12-8-6-11(7-9-12)16-18-17(23)13-4-3-5-14(20-2)15(13)22-16;1-10-3-8-15-14(9-10)17(22)18-16(21-15)12-4-6-13(7-5-12)20-11(2)19;1-10-9-12(20-11(2)19)7-8-13(10)16-18-15-6-4-3-5-14(15)17(22)21-16;1-10-9-12(7-8-15(10)20-11(2)19)16-18-14-6-4-3-5-13(14)17(22)21-16;1-9(19)20-12-5-2-10(3-6-12)15-18-16(22)13-8-11(17)4-7-14(13)21-15/h4-9H,1-3H3;3-9H,1-2H3;3*3-9H,1-2H3;2-8H,1H3. The Morgan fingerprint density at radius 1 is 0.284 bits per heavy atom. The molecule has 0 spiro atoms. The molecule has 0 N–H and O–H groups in total. The Hall–Kier alpha value is -15.1. The summed E-state index contributed by atoms with van der Waals surface area (Å²) in [5.74, 6) is 3.97. The van der Waals surface area contributed by atoms with Gasteiger partial charge in [-0.05, 0) is 294 Å². The third kappa shape index (κ3) is 24.8. The van der Waals surface area contributed by atoms with Gasteiger partial charge < -0.3 is 59.7 Å². The molecule has 0 radical (unpaired) electrons. The third-order valence-corrected chi connectivity index (χ3v) is 21.3. The highest BCUT2D eigenvalue weighted by molar-refractivity contribution is 7.72. The van der Waals surface area contributed by atoms with E-state index >= 15 is 0 Å². The number of carbonyl (C=O) groups excluding carboxylic acids is 6. The summed E-state index contributed by atoms with van der Waals surface area (Å²) in [4.78, 5) is 92.5. The van der Waals surface area contributed by atoms with Gasteiger partial charge in [0.05, 0.1) is 56.0 Å². The van der Waals surface area contributed by atoms with Gasteiger partial charge >= 0.3 is 35.8 Å². The van der Waals surface area contributed by atoms with Crippen LogP contribution in [0.2, 0.25) is 5.02 Å². The summed E-state index contributed by atoms with van der Waals surface area (Å²) in [5.41, 5.74) is 13.4. The van der Waals surface area contributed by atoms with Crippen LogP contribution in [0.25, 0.3) is 134 Å². The zero-order valence-electron chi connectivity index (χ0n) is 73.4. The predicted octanol–water partition coefficient (Wildman–Crippen LogP) is 27.1. The fraction of sp³-hybridized carbons (Fsp3) is 0.118. The first-order valence-electron chi connectivity index (χ1n) is 40.6. The summed E-state index contributed by atoms with van der Waals surface area (Å²) >= 11 is 37.8. The van der Waals surface area contributed by atoms with E-state index in [4.69, 9.17) is 145 Å². The molecule has 0 saturated carbocycles. The van der Waals surface area contributed by atoms with Gasteiger partial charge in [-0.1, -0.05) is 102 Å². The Morgan fingerprint density at radius 2 is 0.657 bits per heavy atom. The lowest BCUT2D eigenvalue weighted by atomic mass is 10.0. The number of methoxy groups -OCH3 is 1. The molecule has 0 aliphatic heterocycles. The van der Waals surface area contributed by atoms with Gasteiger partial charge in [0, 0.05) is 79.9 Å². The van der Waals surface area contributed by atoms with E-state index in [1.54, 1.807) is 128 Å². The molecule has 25 nitrogen and oxygen atoms in total. The smallest absolute Gasteiger partial charge is 0.308 e. The highest BCUT2D eigenvalue weighted by Gasteiger charge is 2.19. The van der Waals surface area contributed by atoms with Crippen LogP contribution in [0.3, 0.4) is 0 Å². The molecule has 0 fully saturated rings. The number of aryl methyl sites for hydroxylation is 5. The van der Waals surface area contributed by atoms with Crippen LogP contribution < -0.4 is 33.2 Å². The second kappa shape index (κ2) is 43.8. The number of aromatic nitrogens is 6. The maximum Gasteiger partial charge on any atom is 0.308 e. The second-order valence-electron chi connectivity index (χ2n) is 29.4. The molecular formula is C102H77ClN6O19S6. The van der Waals surface area contributed by atoms with Crippen LogP contribution in [0.1, 0.15) is 69.4 Å². The van der Waals surface area contributed by atoms with Crippen molar-refractivity contribution in [1.29, 1.82) is 0 Å². The number of hydrogen-bond donors (Lipinski definition) is 0. The Morgan fingerprint density at radius 3 is 1.12 bits per heavy atom. The zero-order chi connectivity index (χ0) is 95.7. The van der Waals surface area contributed by atoms with Crippen LogP contribution in [0, 0.1) is 62.7 Å². The SMILES string of the molecule is CC(=O)Oc1cc(C)c(-c2nc3ccccc3c(=S)o2)cc1C.CC(=O)Oc1ccc(-c2nc(=S)c3cc(C)ccc3o2)cc1.CC(=O)Oc1ccc(-c2nc(=S)c3cc(Cl)ccc3o2)cc1.CC(=O)Oc1ccc(-c2nc3ccccc3c(=S)o2)c(C)c1.CC(=O)Oc1ccc(-c2nc3ccccc3c(=S)o2)cc1C.COc1cccc2c(=S)nc(-c3ccc(OC(C)=O)cc3)oc12. The molecule has 12 aromatic carbocycles. The van der Waals surface area contributed by atoms with Crippen molar-refractivity contribution in [2.75, 3.05) is 7.11 Å². The quantitative estimate of drug-likeness (QED) is 0.0588. The van der Waals surface area contributed by atoms with Crippen molar-refractivity contribution in [3.8, 4) is 109 Å². The van der Waals surface area contributed by atoms with Crippen molar-refractivity contribution >= 4 is 186 Å². The molecule has 0 aliphatic rings. The first-order chi connectivity index (χ1) is 64.2. The molecule has 0 aliphatic carbocycles. The van der Waals surface area contributed by atoms with Gasteiger partial charge in [-0.25, -0.2) is 29.9 Å². The van der Waals surface area contributed by atoms with Crippen LogP contribution in [0.5, 0.6) is 40.2 Å². The number of para-hydroxylation sites is 4. The van der Waals surface area contributed by atoms with Crippen LogP contribution in [0.15, 0.2) is 275 Å². The van der Waals surface area contributed by atoms with Crippen LogP contribution >= 0.6 is 84.9 Å². The molecule has 18 aromatic rings. The number of fused-ring (bicyclic) bond motifs is 6. The second-order valence-corrected chi connectivity index (χ2v) is 32.2. The summed E-state index contributed by atoms with van der Waals surface area (Å²) in [6.07, 6.45) is 0. The molecule has 18 rings (SSSR count). The monoisotopic (exact) mass is 1920 g/mol. The minimum atomic E-state index is -0.371. The number of nitrogens with zero attached hydrogens (tertiary/aromatic N) is 6. The summed E-state index contributed by atoms with van der Waals surface area (Å²) in [6.45, 7) is 17.7. The van der Waals surface area contributed by atoms with Crippen molar-refractivity contribution in [2.24, 2.45) is 0 Å². The van der Waals surface area contributed by atoms with Gasteiger partial charge in [0.15, 0.2) is 11.3 Å². The summed E-state index contributed by atoms with van der Waals surface area (Å²) < 4.78 is 72.8. The summed E-state index contributed by atoms with van der Waals surface area (Å²) in [5, 5.41) is 5.27. The van der Waals surface area contributed by atoms with Gasteiger partial charge in [-0.2, -0.15) is 0 Å². The maximum atomic E-state index is 11.2. The molecule has 32 heteroatoms. The lowest BCUT2D eigenvalue weighted by Gasteiger charge is -2.11. The number of esters is 6. The molecule has 0 unspecified atom stereocenters. The lowest BCUT2D eigenvalue weighted by molar-refractivity contribution is -0.132. The van der Waals surface area contributed by atoms with Gasteiger partial charge in [-0.3, -0.25) is 28.8 Å². The number of carbonyl (C=O) groups is 6. The van der Waals surface area contributed by atoms with Crippen molar-refractivity contribution in [3.63, 3.8) is 0 Å². The molecule has 134 heavy (non-hydrogen) atoms. The topological polar surface area (TPSA) is 323 Å². The normalized spacial score (nSPS) is 10.6. The predicted molar refractivity (Wildman–Crippen MR) is 525 cm³/mol. The molecule has 6 aromatic heterocycles. The van der Waals surface area contributed by atoms with Crippen LogP contribution in [0.4, 0.5) is 0 Å². The van der Waals surface area contributed by atoms with E-state index < -0.39 is 0 Å². The average molecular weight is 1920 g/mol. The fourth-order valence-electron chi connectivity index (χ4n) is 13.2. The van der Waals surface area contributed by atoms with E-state index in [9.17, 15) is 28.8 Å². The Balaban J connectivity index is 0.000000136. The number of ether oxygens (including phenoxy) is 7. The highest BCUT2D eigenvalue weighted by atomic mass is 35.5. The van der Waals surface area contributed by atoms with E-state index in [2.05, 4.69) is 29.9 Å². The van der Waals surface area contributed by atoms with Gasteiger partial charge in [0.1, 0.15) is 59.6 Å². The van der Waals surface area contributed by atoms with E-state index in [1.165, 1.54) is 41.5 Å². The molecule has 6 heterocycles. The minimum absolute atomic E-state index is 0.346. The zero-order valence-corrected chi connectivity index (χ0v) is 79.1. The number of rotatable bonds is 13. The van der Waals surface area contributed by atoms with Crippen molar-refractivity contribution in [1.82, 2.24) is 29.9 Å². The number of benzene rings is 12. The van der Waals surface area contributed by atoms with Crippen molar-refractivity contribution in [2.45, 2.75) is 76.2 Å². The Bertz CT molecular complexity index is 7870. The molecule has 0 amide bonds. The van der Waals surface area contributed by atoms with E-state index in [0.717, 1.165) is 105 Å². The maximum absolute atomic E-state index is 11.2.